The van der Waals surface area contributed by atoms with Gasteiger partial charge in [-0.1, -0.05) is 30.1 Å². The maximum atomic E-state index is 11.0. The highest BCUT2D eigenvalue weighted by atomic mass is 16.4. The van der Waals surface area contributed by atoms with Crippen LogP contribution in [0.5, 0.6) is 0 Å². The molecule has 5 nitrogen and oxygen atoms in total. The number of hydrogen-bond donors (Lipinski definition) is 1. The molecule has 108 valence electrons. The van der Waals surface area contributed by atoms with Crippen LogP contribution in [0.2, 0.25) is 0 Å². The van der Waals surface area contributed by atoms with Gasteiger partial charge >= 0.3 is 5.97 Å². The monoisotopic (exact) mass is 292 g/mol. The van der Waals surface area contributed by atoms with E-state index in [-0.39, 0.29) is 5.56 Å². The van der Waals surface area contributed by atoms with E-state index in [2.05, 4.69) is 18.0 Å². The predicted octanol–water partition coefficient (Wildman–Crippen LogP) is 2.23. The molecular formula is C16H13BN2O3. The molecule has 0 radical (unpaired) electrons. The molecule has 0 aliphatic rings. The third-order valence-corrected chi connectivity index (χ3v) is 3.39. The van der Waals surface area contributed by atoms with Gasteiger partial charge in [0.2, 0.25) is 11.8 Å². The van der Waals surface area contributed by atoms with Crippen molar-refractivity contribution in [2.24, 2.45) is 0 Å². The maximum Gasteiger partial charge on any atom is 0.335 e. The molecule has 0 fully saturated rings. The van der Waals surface area contributed by atoms with Gasteiger partial charge in [0.15, 0.2) is 0 Å². The van der Waals surface area contributed by atoms with E-state index in [0.717, 1.165) is 11.9 Å². The third-order valence-electron chi connectivity index (χ3n) is 3.39. The first kappa shape index (κ1) is 14.1. The van der Waals surface area contributed by atoms with E-state index in [1.54, 1.807) is 12.1 Å². The van der Waals surface area contributed by atoms with E-state index in [1.807, 2.05) is 24.3 Å². The summed E-state index contributed by atoms with van der Waals surface area (Å²) in [5.74, 6) is -0.271. The van der Waals surface area contributed by atoms with Gasteiger partial charge in [-0.05, 0) is 30.3 Å². The second-order valence-electron chi connectivity index (χ2n) is 4.85. The molecule has 0 aliphatic heterocycles. The van der Waals surface area contributed by atoms with E-state index >= 15 is 0 Å². The molecule has 2 aromatic carbocycles. The number of aromatic carboxylic acids is 1. The number of aromatic nitrogens is 2. The lowest BCUT2D eigenvalue weighted by atomic mass is 9.96. The minimum absolute atomic E-state index is 0.185. The van der Waals surface area contributed by atoms with Crippen LogP contribution in [0.15, 0.2) is 52.9 Å². The van der Waals surface area contributed by atoms with Crippen molar-refractivity contribution in [1.82, 2.24) is 10.2 Å². The number of nitrogens with zero attached hydrogens (tertiary/aromatic N) is 2. The summed E-state index contributed by atoms with van der Waals surface area (Å²) in [4.78, 5) is 11.0. The Balaban J connectivity index is 1.93. The van der Waals surface area contributed by atoms with E-state index in [4.69, 9.17) is 9.52 Å². The quantitative estimate of drug-likeness (QED) is 0.746. The van der Waals surface area contributed by atoms with Gasteiger partial charge < -0.3 is 9.52 Å². The van der Waals surface area contributed by atoms with Crippen LogP contribution < -0.4 is 0 Å². The van der Waals surface area contributed by atoms with Crippen LogP contribution in [0.3, 0.4) is 0 Å². The molecule has 0 spiro atoms. The van der Waals surface area contributed by atoms with Gasteiger partial charge in [0, 0.05) is 11.1 Å². The molecule has 0 unspecified atom stereocenters. The molecule has 0 aliphatic carbocycles. The van der Waals surface area contributed by atoms with Gasteiger partial charge in [0.1, 0.15) is 7.85 Å². The van der Waals surface area contributed by atoms with Crippen LogP contribution in [0.4, 0.5) is 0 Å². The maximum absolute atomic E-state index is 11.0. The van der Waals surface area contributed by atoms with Crippen molar-refractivity contribution >= 4 is 13.8 Å². The summed E-state index contributed by atoms with van der Waals surface area (Å²) in [6.45, 7) is 0. The zero-order valence-electron chi connectivity index (χ0n) is 12.0. The van der Waals surface area contributed by atoms with Gasteiger partial charge in [-0.3, -0.25) is 0 Å². The molecule has 0 bridgehead atoms. The summed E-state index contributed by atoms with van der Waals surface area (Å²) in [6.07, 6.45) is 0.970. The van der Waals surface area contributed by atoms with E-state index in [0.29, 0.717) is 17.3 Å². The van der Waals surface area contributed by atoms with Crippen LogP contribution >= 0.6 is 0 Å². The second kappa shape index (κ2) is 5.85. The fraction of sp³-hybridized carbons (Fsp3) is 0.0625. The van der Waals surface area contributed by atoms with Crippen molar-refractivity contribution < 1.29 is 14.3 Å². The molecule has 0 saturated heterocycles. The number of hydrogen-bond acceptors (Lipinski definition) is 4. The highest BCUT2D eigenvalue weighted by molar-refractivity contribution is 6.08. The highest BCUT2D eigenvalue weighted by Gasteiger charge is 2.12. The Hall–Kier alpha value is -2.89. The molecule has 0 saturated carbocycles. The van der Waals surface area contributed by atoms with Gasteiger partial charge in [-0.25, -0.2) is 4.79 Å². The molecule has 0 amide bonds. The zero-order valence-corrected chi connectivity index (χ0v) is 12.0. The Morgan fingerprint density at radius 3 is 2.36 bits per heavy atom. The fourth-order valence-corrected chi connectivity index (χ4v) is 2.12. The topological polar surface area (TPSA) is 76.2 Å². The van der Waals surface area contributed by atoms with Crippen LogP contribution in [-0.2, 0) is 6.32 Å². The Bertz CT molecular complexity index is 812. The normalized spacial score (nSPS) is 10.5. The molecule has 1 aromatic heterocycles. The largest absolute Gasteiger partial charge is 0.478 e. The Morgan fingerprint density at radius 2 is 1.73 bits per heavy atom. The smallest absolute Gasteiger partial charge is 0.335 e. The third kappa shape index (κ3) is 2.76. The van der Waals surface area contributed by atoms with Crippen molar-refractivity contribution in [2.75, 3.05) is 0 Å². The van der Waals surface area contributed by atoms with E-state index < -0.39 is 5.97 Å². The minimum atomic E-state index is -0.989. The highest BCUT2D eigenvalue weighted by Crippen LogP contribution is 2.24. The lowest BCUT2D eigenvalue weighted by Crippen LogP contribution is -1.95. The van der Waals surface area contributed by atoms with Crippen LogP contribution in [0.25, 0.3) is 22.9 Å². The predicted molar refractivity (Wildman–Crippen MR) is 84.4 cm³/mol. The summed E-state index contributed by atoms with van der Waals surface area (Å²) < 4.78 is 5.65. The standard InChI is InChI=1S/C16H13BN2O3/c17-9-10-4-6-11(7-5-10)14-18-19-15(22-14)12-2-1-3-13(8-12)16(20)21/h1-8H,9,17H2,(H,20,21). The van der Waals surface area contributed by atoms with Gasteiger partial charge in [0.25, 0.3) is 0 Å². The van der Waals surface area contributed by atoms with Crippen LogP contribution in [0, 0.1) is 0 Å². The second-order valence-corrected chi connectivity index (χ2v) is 4.85. The molecule has 6 heteroatoms. The fourth-order valence-electron chi connectivity index (χ4n) is 2.12. The Labute approximate surface area is 128 Å². The number of carbonyl (C=O) groups is 1. The minimum Gasteiger partial charge on any atom is -0.478 e. The molecule has 1 heterocycles. The summed E-state index contributed by atoms with van der Waals surface area (Å²) in [5.41, 5.74) is 2.84. The molecule has 0 atom stereocenters. The number of benzene rings is 2. The van der Waals surface area contributed by atoms with Crippen molar-refractivity contribution in [1.29, 1.82) is 0 Å². The van der Waals surface area contributed by atoms with Crippen LogP contribution in [-0.4, -0.2) is 29.1 Å². The molecule has 3 aromatic rings. The lowest BCUT2D eigenvalue weighted by molar-refractivity contribution is 0.0697. The Morgan fingerprint density at radius 1 is 1.05 bits per heavy atom. The lowest BCUT2D eigenvalue weighted by Gasteiger charge is -1.98. The van der Waals surface area contributed by atoms with E-state index in [1.165, 1.54) is 17.7 Å². The number of carboxylic acids is 1. The number of carboxylic acid groups (broad SMARTS) is 1. The first-order chi connectivity index (χ1) is 10.7. The summed E-state index contributed by atoms with van der Waals surface area (Å²) in [5, 5.41) is 17.0. The van der Waals surface area contributed by atoms with Crippen molar-refractivity contribution in [2.45, 2.75) is 6.32 Å². The molecule has 3 rings (SSSR count). The van der Waals surface area contributed by atoms with Gasteiger partial charge in [0.05, 0.1) is 5.56 Å². The first-order valence-corrected chi connectivity index (χ1v) is 6.94. The summed E-state index contributed by atoms with van der Waals surface area (Å²) in [6, 6.07) is 14.3. The van der Waals surface area contributed by atoms with Crippen molar-refractivity contribution in [3.63, 3.8) is 0 Å². The number of rotatable bonds is 4. The average molecular weight is 292 g/mol. The van der Waals surface area contributed by atoms with Gasteiger partial charge in [-0.15, -0.1) is 10.2 Å². The molecule has 1 N–H and O–H groups in total. The molecular weight excluding hydrogens is 279 g/mol. The summed E-state index contributed by atoms with van der Waals surface area (Å²) in [7, 11) is 2.09. The van der Waals surface area contributed by atoms with E-state index in [9.17, 15) is 4.79 Å². The van der Waals surface area contributed by atoms with Crippen molar-refractivity contribution in [3.05, 3.63) is 59.7 Å². The van der Waals surface area contributed by atoms with Gasteiger partial charge in [-0.2, -0.15) is 0 Å². The van der Waals surface area contributed by atoms with Crippen LogP contribution in [0.1, 0.15) is 15.9 Å². The molecule has 22 heavy (non-hydrogen) atoms. The van der Waals surface area contributed by atoms with Crippen molar-refractivity contribution in [3.8, 4) is 22.9 Å². The Kier molecular flexibility index (Phi) is 3.74. The first-order valence-electron chi connectivity index (χ1n) is 6.94. The zero-order chi connectivity index (χ0) is 15.5. The average Bonchev–Trinajstić information content (AvgIpc) is 3.05. The SMILES string of the molecule is BCc1ccc(-c2nnc(-c3cccc(C(=O)O)c3)o2)cc1. The summed E-state index contributed by atoms with van der Waals surface area (Å²) >= 11 is 0.